The number of alkyl halides is 3. The third-order valence-electron chi connectivity index (χ3n) is 2.39. The lowest BCUT2D eigenvalue weighted by Crippen LogP contribution is -2.34. The lowest BCUT2D eigenvalue weighted by Gasteiger charge is -2.14. The van der Waals surface area contributed by atoms with Crippen LogP contribution in [0.15, 0.2) is 22.7 Å². The molecule has 1 aromatic carbocycles. The van der Waals surface area contributed by atoms with Gasteiger partial charge in [-0.15, -0.1) is 0 Å². The molecule has 1 rings (SSSR count). The Morgan fingerprint density at radius 1 is 1.40 bits per heavy atom. The molecule has 0 aliphatic carbocycles. The zero-order valence-corrected chi connectivity index (χ0v) is 11.9. The standard InChI is InChI=1S/C12H11BrF3NO3/c1-6(4-10(18)19)17-11(20)7-2-3-9(13)8(5-7)12(14,15)16/h2-3,5-6H,4H2,1H3,(H,17,20)(H,18,19). The van der Waals surface area contributed by atoms with Gasteiger partial charge in [-0.25, -0.2) is 0 Å². The molecular weight excluding hydrogens is 343 g/mol. The molecular formula is C12H11BrF3NO3. The molecule has 1 amide bonds. The SMILES string of the molecule is CC(CC(=O)O)NC(=O)c1ccc(Br)c(C(F)(F)F)c1. The van der Waals surface area contributed by atoms with Crippen LogP contribution in [-0.2, 0) is 11.0 Å². The van der Waals surface area contributed by atoms with E-state index in [0.717, 1.165) is 6.07 Å². The van der Waals surface area contributed by atoms with Crippen molar-refractivity contribution in [3.05, 3.63) is 33.8 Å². The molecule has 0 aromatic heterocycles. The molecule has 0 heterocycles. The molecule has 1 aromatic rings. The van der Waals surface area contributed by atoms with Crippen LogP contribution >= 0.6 is 15.9 Å². The Morgan fingerprint density at radius 2 is 2.00 bits per heavy atom. The maximum absolute atomic E-state index is 12.7. The first-order valence-electron chi connectivity index (χ1n) is 5.50. The number of benzene rings is 1. The fourth-order valence-electron chi connectivity index (χ4n) is 1.50. The number of amides is 1. The average molecular weight is 354 g/mol. The van der Waals surface area contributed by atoms with Gasteiger partial charge in [-0.3, -0.25) is 9.59 Å². The maximum atomic E-state index is 12.7. The average Bonchev–Trinajstić information content (AvgIpc) is 2.26. The first-order chi connectivity index (χ1) is 9.11. The number of carbonyl (C=O) groups is 2. The number of aliphatic carboxylic acids is 1. The van der Waals surface area contributed by atoms with E-state index in [1.54, 1.807) is 0 Å². The number of hydrogen-bond donors (Lipinski definition) is 2. The molecule has 4 nitrogen and oxygen atoms in total. The molecule has 0 aliphatic rings. The summed E-state index contributed by atoms with van der Waals surface area (Å²) in [6, 6.07) is 2.38. The van der Waals surface area contributed by atoms with Crippen molar-refractivity contribution < 1.29 is 27.9 Å². The van der Waals surface area contributed by atoms with E-state index >= 15 is 0 Å². The lowest BCUT2D eigenvalue weighted by molar-refractivity contribution is -0.138. The molecule has 0 aliphatic heterocycles. The molecule has 0 saturated carbocycles. The van der Waals surface area contributed by atoms with E-state index in [4.69, 9.17) is 5.11 Å². The summed E-state index contributed by atoms with van der Waals surface area (Å²) >= 11 is 2.77. The van der Waals surface area contributed by atoms with Gasteiger partial charge in [0.2, 0.25) is 0 Å². The topological polar surface area (TPSA) is 66.4 Å². The van der Waals surface area contributed by atoms with Crippen molar-refractivity contribution in [1.29, 1.82) is 0 Å². The minimum absolute atomic E-state index is 0.167. The van der Waals surface area contributed by atoms with Crippen LogP contribution in [-0.4, -0.2) is 23.0 Å². The van der Waals surface area contributed by atoms with Crippen LogP contribution in [0.4, 0.5) is 13.2 Å². The second-order valence-corrected chi connectivity index (χ2v) is 5.02. The molecule has 2 N–H and O–H groups in total. The number of carboxylic acids is 1. The quantitative estimate of drug-likeness (QED) is 0.874. The molecule has 20 heavy (non-hydrogen) atoms. The Balaban J connectivity index is 2.92. The Bertz CT molecular complexity index is 531. The summed E-state index contributed by atoms with van der Waals surface area (Å²) in [7, 11) is 0. The summed E-state index contributed by atoms with van der Waals surface area (Å²) in [6.45, 7) is 1.45. The number of rotatable bonds is 4. The molecule has 110 valence electrons. The van der Waals surface area contributed by atoms with Crippen molar-refractivity contribution in [3.8, 4) is 0 Å². The van der Waals surface area contributed by atoms with Crippen molar-refractivity contribution in [2.45, 2.75) is 25.6 Å². The molecule has 0 fully saturated rings. The number of halogens is 4. The van der Waals surface area contributed by atoms with Gasteiger partial charge in [-0.05, 0) is 25.1 Å². The van der Waals surface area contributed by atoms with Crippen LogP contribution < -0.4 is 5.32 Å². The molecule has 0 radical (unpaired) electrons. The predicted molar refractivity (Wildman–Crippen MR) is 68.3 cm³/mol. The number of carbonyl (C=O) groups excluding carboxylic acids is 1. The van der Waals surface area contributed by atoms with Gasteiger partial charge in [-0.2, -0.15) is 13.2 Å². The summed E-state index contributed by atoms with van der Waals surface area (Å²) in [5.41, 5.74) is -1.14. The number of nitrogens with one attached hydrogen (secondary N) is 1. The van der Waals surface area contributed by atoms with E-state index in [9.17, 15) is 22.8 Å². The highest BCUT2D eigenvalue weighted by molar-refractivity contribution is 9.10. The summed E-state index contributed by atoms with van der Waals surface area (Å²) in [4.78, 5) is 22.2. The largest absolute Gasteiger partial charge is 0.481 e. The summed E-state index contributed by atoms with van der Waals surface area (Å²) < 4.78 is 37.9. The Morgan fingerprint density at radius 3 is 2.50 bits per heavy atom. The third kappa shape index (κ3) is 4.52. The second kappa shape index (κ2) is 6.25. The summed E-state index contributed by atoms with van der Waals surface area (Å²) in [5, 5.41) is 10.9. The second-order valence-electron chi connectivity index (χ2n) is 4.16. The fourth-order valence-corrected chi connectivity index (χ4v) is 1.98. The maximum Gasteiger partial charge on any atom is 0.417 e. The van der Waals surface area contributed by atoms with Gasteiger partial charge in [0, 0.05) is 16.1 Å². The summed E-state index contributed by atoms with van der Waals surface area (Å²) in [5.74, 6) is -1.86. The van der Waals surface area contributed by atoms with E-state index < -0.39 is 29.7 Å². The van der Waals surface area contributed by atoms with E-state index in [1.165, 1.54) is 13.0 Å². The van der Waals surface area contributed by atoms with Crippen molar-refractivity contribution in [1.82, 2.24) is 5.32 Å². The molecule has 0 bridgehead atoms. The van der Waals surface area contributed by atoms with E-state index in [1.807, 2.05) is 0 Å². The summed E-state index contributed by atoms with van der Waals surface area (Å²) in [6.07, 6.45) is -4.89. The van der Waals surface area contributed by atoms with Crippen molar-refractivity contribution in [2.24, 2.45) is 0 Å². The molecule has 0 spiro atoms. The highest BCUT2D eigenvalue weighted by Crippen LogP contribution is 2.35. The van der Waals surface area contributed by atoms with Crippen LogP contribution in [0.3, 0.4) is 0 Å². The minimum Gasteiger partial charge on any atom is -0.481 e. The zero-order valence-electron chi connectivity index (χ0n) is 10.3. The monoisotopic (exact) mass is 353 g/mol. The van der Waals surface area contributed by atoms with Crippen molar-refractivity contribution in [3.63, 3.8) is 0 Å². The van der Waals surface area contributed by atoms with Gasteiger partial charge < -0.3 is 10.4 Å². The Hall–Kier alpha value is -1.57. The Kier molecular flexibility index (Phi) is 5.15. The third-order valence-corrected chi connectivity index (χ3v) is 3.08. The molecule has 1 atom stereocenters. The van der Waals surface area contributed by atoms with Gasteiger partial charge in [0.1, 0.15) is 0 Å². The van der Waals surface area contributed by atoms with Gasteiger partial charge in [0.05, 0.1) is 12.0 Å². The minimum atomic E-state index is -4.58. The normalized spacial score (nSPS) is 12.8. The molecule has 8 heteroatoms. The molecule has 1 unspecified atom stereocenters. The van der Waals surface area contributed by atoms with E-state index in [-0.39, 0.29) is 16.5 Å². The van der Waals surface area contributed by atoms with Gasteiger partial charge in [0.25, 0.3) is 5.91 Å². The smallest absolute Gasteiger partial charge is 0.417 e. The number of carboxylic acid groups (broad SMARTS) is 1. The van der Waals surface area contributed by atoms with Crippen LogP contribution in [0.5, 0.6) is 0 Å². The van der Waals surface area contributed by atoms with Crippen LogP contribution in [0.2, 0.25) is 0 Å². The lowest BCUT2D eigenvalue weighted by atomic mass is 10.1. The van der Waals surface area contributed by atoms with E-state index in [0.29, 0.717) is 6.07 Å². The van der Waals surface area contributed by atoms with Crippen molar-refractivity contribution >= 4 is 27.8 Å². The van der Waals surface area contributed by atoms with Crippen LogP contribution in [0.25, 0.3) is 0 Å². The first-order valence-corrected chi connectivity index (χ1v) is 6.30. The first kappa shape index (κ1) is 16.5. The molecule has 0 saturated heterocycles. The fraction of sp³-hybridized carbons (Fsp3) is 0.333. The number of hydrogen-bond acceptors (Lipinski definition) is 2. The van der Waals surface area contributed by atoms with Gasteiger partial charge in [0.15, 0.2) is 0 Å². The highest BCUT2D eigenvalue weighted by Gasteiger charge is 2.33. The van der Waals surface area contributed by atoms with E-state index in [2.05, 4.69) is 21.2 Å². The van der Waals surface area contributed by atoms with Gasteiger partial charge >= 0.3 is 12.1 Å². The highest BCUT2D eigenvalue weighted by atomic mass is 79.9. The predicted octanol–water partition coefficient (Wildman–Crippen LogP) is 3.06. The van der Waals surface area contributed by atoms with Gasteiger partial charge in [-0.1, -0.05) is 15.9 Å². The zero-order chi connectivity index (χ0) is 15.5. The van der Waals surface area contributed by atoms with Crippen molar-refractivity contribution in [2.75, 3.05) is 0 Å². The van der Waals surface area contributed by atoms with Crippen LogP contribution in [0, 0.1) is 0 Å². The van der Waals surface area contributed by atoms with Crippen LogP contribution in [0.1, 0.15) is 29.3 Å². The Labute approximate surface area is 121 Å².